The first kappa shape index (κ1) is 16.1. The van der Waals surface area contributed by atoms with Crippen molar-refractivity contribution in [2.45, 2.75) is 4.90 Å². The molecule has 2 aromatic rings. The van der Waals surface area contributed by atoms with Gasteiger partial charge in [0.1, 0.15) is 11.6 Å². The molecule has 2 rings (SSSR count). The highest BCUT2D eigenvalue weighted by Gasteiger charge is 2.22. The molecule has 116 valence electrons. The Labute approximate surface area is 128 Å². The van der Waals surface area contributed by atoms with Crippen molar-refractivity contribution in [2.75, 3.05) is 14.1 Å². The van der Waals surface area contributed by atoms with Gasteiger partial charge in [-0.15, -0.1) is 0 Å². The molecule has 0 N–H and O–H groups in total. The van der Waals surface area contributed by atoms with E-state index in [0.29, 0.717) is 0 Å². The SMILES string of the molecule is CN(C)S(=O)(=O)c1ccc(F)c(C(=O)Oc2ccccc2)c1. The van der Waals surface area contributed by atoms with E-state index in [1.54, 1.807) is 18.2 Å². The molecule has 0 bridgehead atoms. The number of sulfonamides is 1. The molecular formula is C15H14FNO4S. The molecule has 0 amide bonds. The molecule has 0 unspecified atom stereocenters. The van der Waals surface area contributed by atoms with Crippen molar-refractivity contribution in [3.63, 3.8) is 0 Å². The average molecular weight is 323 g/mol. The van der Waals surface area contributed by atoms with E-state index >= 15 is 0 Å². The fourth-order valence-electron chi connectivity index (χ4n) is 1.68. The lowest BCUT2D eigenvalue weighted by molar-refractivity contribution is 0.0729. The fraction of sp³-hybridized carbons (Fsp3) is 0.133. The highest BCUT2D eigenvalue weighted by atomic mass is 32.2. The maximum atomic E-state index is 13.8. The molecule has 22 heavy (non-hydrogen) atoms. The van der Waals surface area contributed by atoms with Crippen molar-refractivity contribution in [3.05, 3.63) is 59.9 Å². The number of halogens is 1. The molecule has 0 radical (unpaired) electrons. The molecule has 0 spiro atoms. The maximum absolute atomic E-state index is 13.8. The van der Waals surface area contributed by atoms with Gasteiger partial charge in [0.15, 0.2) is 0 Å². The van der Waals surface area contributed by atoms with Crippen molar-refractivity contribution in [1.82, 2.24) is 4.31 Å². The Morgan fingerprint density at radius 3 is 2.32 bits per heavy atom. The predicted molar refractivity (Wildman–Crippen MR) is 78.7 cm³/mol. The van der Waals surface area contributed by atoms with Crippen LogP contribution in [0.4, 0.5) is 4.39 Å². The molecule has 0 heterocycles. The minimum Gasteiger partial charge on any atom is -0.423 e. The number of carbonyl (C=O) groups excluding carboxylic acids is 1. The maximum Gasteiger partial charge on any atom is 0.346 e. The summed E-state index contributed by atoms with van der Waals surface area (Å²) in [7, 11) is -1.07. The number of rotatable bonds is 4. The summed E-state index contributed by atoms with van der Waals surface area (Å²) in [6, 6.07) is 11.1. The summed E-state index contributed by atoms with van der Waals surface area (Å²) in [5, 5.41) is 0. The molecule has 5 nitrogen and oxygen atoms in total. The molecule has 0 aliphatic heterocycles. The molecular weight excluding hydrogens is 309 g/mol. The van der Waals surface area contributed by atoms with Gasteiger partial charge in [-0.3, -0.25) is 0 Å². The Kier molecular flexibility index (Phi) is 4.58. The molecule has 0 aromatic heterocycles. The Balaban J connectivity index is 2.37. The van der Waals surface area contributed by atoms with E-state index in [4.69, 9.17) is 4.74 Å². The number of ether oxygens (including phenoxy) is 1. The number of hydrogen-bond donors (Lipinski definition) is 0. The van der Waals surface area contributed by atoms with Crippen LogP contribution in [0, 0.1) is 5.82 Å². The monoisotopic (exact) mass is 323 g/mol. The van der Waals surface area contributed by atoms with Crippen molar-refractivity contribution in [1.29, 1.82) is 0 Å². The summed E-state index contributed by atoms with van der Waals surface area (Å²) in [6.45, 7) is 0. The Morgan fingerprint density at radius 2 is 1.73 bits per heavy atom. The molecule has 7 heteroatoms. The van der Waals surface area contributed by atoms with Crippen molar-refractivity contribution in [3.8, 4) is 5.75 Å². The van der Waals surface area contributed by atoms with Gasteiger partial charge < -0.3 is 4.74 Å². The zero-order valence-corrected chi connectivity index (χ0v) is 12.8. The first-order chi connectivity index (χ1) is 10.3. The third-order valence-electron chi connectivity index (χ3n) is 2.89. The van der Waals surface area contributed by atoms with Crippen molar-refractivity contribution in [2.24, 2.45) is 0 Å². The van der Waals surface area contributed by atoms with Gasteiger partial charge in [-0.1, -0.05) is 18.2 Å². The van der Waals surface area contributed by atoms with Crippen LogP contribution in [0.5, 0.6) is 5.75 Å². The number of para-hydroxylation sites is 1. The lowest BCUT2D eigenvalue weighted by Gasteiger charge is -2.12. The minimum atomic E-state index is -3.76. The van der Waals surface area contributed by atoms with Crippen LogP contribution in [0.1, 0.15) is 10.4 Å². The minimum absolute atomic E-state index is 0.182. The van der Waals surface area contributed by atoms with E-state index in [-0.39, 0.29) is 10.6 Å². The molecule has 2 aromatic carbocycles. The van der Waals surface area contributed by atoms with Gasteiger partial charge in [0.05, 0.1) is 10.5 Å². The molecule has 0 aliphatic rings. The lowest BCUT2D eigenvalue weighted by Crippen LogP contribution is -2.23. The third-order valence-corrected chi connectivity index (χ3v) is 4.70. The molecule has 0 atom stereocenters. The van der Waals surface area contributed by atoms with Crippen LogP contribution in [-0.2, 0) is 10.0 Å². The summed E-state index contributed by atoms with van der Waals surface area (Å²) in [5.74, 6) is -1.56. The number of hydrogen-bond acceptors (Lipinski definition) is 4. The fourth-order valence-corrected chi connectivity index (χ4v) is 2.61. The van der Waals surface area contributed by atoms with Gasteiger partial charge in [-0.25, -0.2) is 21.9 Å². The van der Waals surface area contributed by atoms with Gasteiger partial charge in [0, 0.05) is 14.1 Å². The van der Waals surface area contributed by atoms with E-state index in [2.05, 4.69) is 0 Å². The van der Waals surface area contributed by atoms with Crippen LogP contribution < -0.4 is 4.74 Å². The average Bonchev–Trinajstić information content (AvgIpc) is 2.48. The van der Waals surface area contributed by atoms with Crippen LogP contribution in [0.25, 0.3) is 0 Å². The quantitative estimate of drug-likeness (QED) is 0.640. The van der Waals surface area contributed by atoms with Gasteiger partial charge in [0.2, 0.25) is 10.0 Å². The zero-order chi connectivity index (χ0) is 16.3. The second-order valence-electron chi connectivity index (χ2n) is 4.63. The number of nitrogens with zero attached hydrogens (tertiary/aromatic N) is 1. The van der Waals surface area contributed by atoms with E-state index in [9.17, 15) is 17.6 Å². The van der Waals surface area contributed by atoms with E-state index in [1.807, 2.05) is 0 Å². The van der Waals surface area contributed by atoms with Gasteiger partial charge in [-0.2, -0.15) is 0 Å². The second kappa shape index (κ2) is 6.25. The van der Waals surface area contributed by atoms with Crippen LogP contribution in [0.3, 0.4) is 0 Å². The number of benzene rings is 2. The van der Waals surface area contributed by atoms with Crippen LogP contribution in [0.2, 0.25) is 0 Å². The lowest BCUT2D eigenvalue weighted by atomic mass is 10.2. The van der Waals surface area contributed by atoms with Crippen LogP contribution >= 0.6 is 0 Å². The Morgan fingerprint density at radius 1 is 1.09 bits per heavy atom. The molecule has 0 fully saturated rings. The number of esters is 1. The molecule has 0 saturated carbocycles. The molecule has 0 saturated heterocycles. The largest absolute Gasteiger partial charge is 0.423 e. The summed E-state index contributed by atoms with van der Waals surface area (Å²) in [5.41, 5.74) is -0.438. The van der Waals surface area contributed by atoms with Gasteiger partial charge in [-0.05, 0) is 30.3 Å². The highest BCUT2D eigenvalue weighted by Crippen LogP contribution is 2.19. The topological polar surface area (TPSA) is 63.7 Å². The zero-order valence-electron chi connectivity index (χ0n) is 12.0. The first-order valence-corrected chi connectivity index (χ1v) is 7.75. The Hall–Kier alpha value is -2.25. The van der Waals surface area contributed by atoms with E-state index < -0.39 is 27.4 Å². The van der Waals surface area contributed by atoms with Crippen molar-refractivity contribution < 1.29 is 22.3 Å². The summed E-state index contributed by atoms with van der Waals surface area (Å²) in [4.78, 5) is 11.8. The highest BCUT2D eigenvalue weighted by molar-refractivity contribution is 7.89. The van der Waals surface area contributed by atoms with E-state index in [0.717, 1.165) is 22.5 Å². The van der Waals surface area contributed by atoms with Crippen LogP contribution in [-0.4, -0.2) is 32.8 Å². The summed E-state index contributed by atoms with van der Waals surface area (Å²) in [6.07, 6.45) is 0. The summed E-state index contributed by atoms with van der Waals surface area (Å²) < 4.78 is 43.9. The predicted octanol–water partition coefficient (Wildman–Crippen LogP) is 2.30. The second-order valence-corrected chi connectivity index (χ2v) is 6.78. The van der Waals surface area contributed by atoms with Gasteiger partial charge >= 0.3 is 5.97 Å². The Bertz CT molecular complexity index is 788. The summed E-state index contributed by atoms with van der Waals surface area (Å²) >= 11 is 0. The normalized spacial score (nSPS) is 11.5. The number of carbonyl (C=O) groups is 1. The van der Waals surface area contributed by atoms with Crippen molar-refractivity contribution >= 4 is 16.0 Å². The smallest absolute Gasteiger partial charge is 0.346 e. The first-order valence-electron chi connectivity index (χ1n) is 6.31. The van der Waals surface area contributed by atoms with Crippen LogP contribution in [0.15, 0.2) is 53.4 Å². The van der Waals surface area contributed by atoms with Gasteiger partial charge in [0.25, 0.3) is 0 Å². The third kappa shape index (κ3) is 3.32. The molecule has 0 aliphatic carbocycles. The van der Waals surface area contributed by atoms with E-state index in [1.165, 1.54) is 26.2 Å². The standard InChI is InChI=1S/C15H14FNO4S/c1-17(2)22(19,20)12-8-9-14(16)13(10-12)15(18)21-11-6-4-3-5-7-11/h3-10H,1-2H3.